The molecule has 1 aromatic heterocycles. The van der Waals surface area contributed by atoms with Crippen LogP contribution in [-0.2, 0) is 26.2 Å². The number of esters is 1. The van der Waals surface area contributed by atoms with Crippen molar-refractivity contribution in [3.05, 3.63) is 71.2 Å². The highest BCUT2D eigenvalue weighted by atomic mass is 32.2. The van der Waals surface area contributed by atoms with Crippen LogP contribution in [0.15, 0.2) is 58.7 Å². The Kier molecular flexibility index (Phi) is 4.74. The van der Waals surface area contributed by atoms with Crippen LogP contribution < -0.4 is 0 Å². The molecule has 4 rings (SSSR count). The molecule has 4 nitrogen and oxygen atoms in total. The third-order valence-electron chi connectivity index (χ3n) is 6.25. The Morgan fingerprint density at radius 2 is 2.07 bits per heavy atom. The highest BCUT2D eigenvalue weighted by molar-refractivity contribution is 8.14. The van der Waals surface area contributed by atoms with Crippen LogP contribution in [-0.4, -0.2) is 23.9 Å². The number of carbonyl (C=O) groups is 2. The van der Waals surface area contributed by atoms with Gasteiger partial charge in [0.15, 0.2) is 0 Å². The quantitative estimate of drug-likeness (QED) is 0.549. The van der Waals surface area contributed by atoms with Gasteiger partial charge >= 0.3 is 5.97 Å². The number of rotatable bonds is 5. The fraction of sp³-hybridized carbons (Fsp3) is 0.391. The molecule has 146 valence electrons. The van der Waals surface area contributed by atoms with Crippen LogP contribution in [0.1, 0.15) is 37.2 Å². The smallest absolute Gasteiger partial charge is 0.317 e. The van der Waals surface area contributed by atoms with E-state index < -0.39 is 5.41 Å². The first-order valence-electron chi connectivity index (χ1n) is 9.49. The number of benzene rings is 1. The largest absolute Gasteiger partial charge is 0.469 e. The summed E-state index contributed by atoms with van der Waals surface area (Å²) in [6.07, 6.45) is 5.11. The monoisotopic (exact) mass is 396 g/mol. The summed E-state index contributed by atoms with van der Waals surface area (Å²) in [5.41, 5.74) is 1.63. The molecule has 2 aromatic rings. The molecule has 1 aromatic carbocycles. The molecule has 1 aliphatic heterocycles. The molecule has 0 radical (unpaired) electrons. The number of furan rings is 1. The molecule has 2 aliphatic rings. The summed E-state index contributed by atoms with van der Waals surface area (Å²) in [4.78, 5) is 25.1. The molecule has 2 fully saturated rings. The number of hydrogen-bond acceptors (Lipinski definition) is 5. The first-order valence-corrected chi connectivity index (χ1v) is 10.5. The van der Waals surface area contributed by atoms with Gasteiger partial charge < -0.3 is 9.15 Å². The van der Waals surface area contributed by atoms with Gasteiger partial charge in [-0.15, -0.1) is 0 Å². The fourth-order valence-corrected chi connectivity index (χ4v) is 5.50. The van der Waals surface area contributed by atoms with Gasteiger partial charge in [0.25, 0.3) is 0 Å². The lowest BCUT2D eigenvalue weighted by Gasteiger charge is -2.16. The van der Waals surface area contributed by atoms with Crippen molar-refractivity contribution in [2.24, 2.45) is 11.3 Å². The first kappa shape index (κ1) is 19.1. The van der Waals surface area contributed by atoms with E-state index in [4.69, 9.17) is 9.15 Å². The summed E-state index contributed by atoms with van der Waals surface area (Å²) in [5, 5.41) is 0.124. The zero-order chi connectivity index (χ0) is 19.9. The lowest BCUT2D eigenvalue weighted by molar-refractivity contribution is -0.145. The van der Waals surface area contributed by atoms with Gasteiger partial charge in [-0.3, -0.25) is 9.59 Å². The molecule has 1 aliphatic carbocycles. The van der Waals surface area contributed by atoms with Gasteiger partial charge in [0, 0.05) is 29.2 Å². The topological polar surface area (TPSA) is 56.5 Å². The molecule has 0 unspecified atom stereocenters. The Morgan fingerprint density at radius 1 is 1.32 bits per heavy atom. The molecule has 0 bridgehead atoms. The van der Waals surface area contributed by atoms with Gasteiger partial charge in [0.1, 0.15) is 11.2 Å². The van der Waals surface area contributed by atoms with Crippen molar-refractivity contribution < 1.29 is 18.7 Å². The van der Waals surface area contributed by atoms with Crippen molar-refractivity contribution in [3.8, 4) is 0 Å². The summed E-state index contributed by atoms with van der Waals surface area (Å²) in [7, 11) is 1.42. The highest BCUT2D eigenvalue weighted by Gasteiger charge is 2.76. The lowest BCUT2D eigenvalue weighted by Crippen LogP contribution is -2.27. The first-order chi connectivity index (χ1) is 13.4. The van der Waals surface area contributed by atoms with Crippen LogP contribution in [0, 0.1) is 11.3 Å². The minimum absolute atomic E-state index is 0.0905. The zero-order valence-electron chi connectivity index (χ0n) is 16.4. The molecule has 2 heterocycles. The SMILES string of the molecule is COC(=O)[C@]1(c2coc(Cc3ccccc3)c2)[C@H](C=C2CCSC2=O)C1(C)C. The van der Waals surface area contributed by atoms with Gasteiger partial charge in [-0.1, -0.05) is 62.0 Å². The van der Waals surface area contributed by atoms with E-state index >= 15 is 0 Å². The Bertz CT molecular complexity index is 941. The minimum atomic E-state index is -0.819. The van der Waals surface area contributed by atoms with Crippen molar-refractivity contribution in [1.82, 2.24) is 0 Å². The number of methoxy groups -OCH3 is 1. The van der Waals surface area contributed by atoms with Gasteiger partial charge in [0.05, 0.1) is 13.4 Å². The number of carbonyl (C=O) groups excluding carboxylic acids is 2. The third kappa shape index (κ3) is 2.84. The van der Waals surface area contributed by atoms with Crippen molar-refractivity contribution in [1.29, 1.82) is 0 Å². The number of ether oxygens (including phenoxy) is 1. The Balaban J connectivity index is 1.69. The lowest BCUT2D eigenvalue weighted by atomic mass is 9.89. The number of hydrogen-bond donors (Lipinski definition) is 0. The van der Waals surface area contributed by atoms with Crippen molar-refractivity contribution >= 4 is 22.8 Å². The van der Waals surface area contributed by atoms with Gasteiger partial charge in [-0.2, -0.15) is 0 Å². The molecule has 5 heteroatoms. The predicted octanol–water partition coefficient (Wildman–Crippen LogP) is 4.53. The Morgan fingerprint density at radius 3 is 2.71 bits per heavy atom. The third-order valence-corrected chi connectivity index (χ3v) is 7.18. The molecule has 0 N–H and O–H groups in total. The van der Waals surface area contributed by atoms with E-state index in [2.05, 4.69) is 26.0 Å². The van der Waals surface area contributed by atoms with Crippen LogP contribution in [0.3, 0.4) is 0 Å². The van der Waals surface area contributed by atoms with E-state index in [1.54, 1.807) is 6.26 Å². The molecule has 0 amide bonds. The molecule has 2 atom stereocenters. The van der Waals surface area contributed by atoms with Crippen molar-refractivity contribution in [3.63, 3.8) is 0 Å². The molecular weight excluding hydrogens is 372 g/mol. The molecule has 28 heavy (non-hydrogen) atoms. The highest BCUT2D eigenvalue weighted by Crippen LogP contribution is 2.71. The maximum absolute atomic E-state index is 13.0. The van der Waals surface area contributed by atoms with Crippen molar-refractivity contribution in [2.75, 3.05) is 12.9 Å². The average molecular weight is 397 g/mol. The summed E-state index contributed by atoms with van der Waals surface area (Å²) < 4.78 is 11.0. The van der Waals surface area contributed by atoms with Gasteiger partial charge in [-0.25, -0.2) is 0 Å². The van der Waals surface area contributed by atoms with Crippen LogP contribution in [0.5, 0.6) is 0 Å². The molecule has 1 saturated carbocycles. The van der Waals surface area contributed by atoms with Crippen LogP contribution in [0.25, 0.3) is 0 Å². The summed E-state index contributed by atoms with van der Waals surface area (Å²) in [6, 6.07) is 12.0. The maximum Gasteiger partial charge on any atom is 0.317 e. The van der Waals surface area contributed by atoms with Crippen LogP contribution in [0.2, 0.25) is 0 Å². The Labute approximate surface area is 169 Å². The van der Waals surface area contributed by atoms with E-state index in [9.17, 15) is 9.59 Å². The second-order valence-corrected chi connectivity index (χ2v) is 9.11. The minimum Gasteiger partial charge on any atom is -0.469 e. The van der Waals surface area contributed by atoms with Gasteiger partial charge in [0.2, 0.25) is 5.12 Å². The predicted molar refractivity (Wildman–Crippen MR) is 109 cm³/mol. The standard InChI is InChI=1S/C23H24O4S/c1-22(2)19(12-16-9-10-28-20(16)24)23(22,21(25)26-3)17-13-18(27-14-17)11-15-7-5-4-6-8-15/h4-8,12-14,19H,9-11H2,1-3H3/t19-,23+/m1/s1. The molecular formula is C23H24O4S. The second kappa shape index (κ2) is 6.96. The zero-order valence-corrected chi connectivity index (χ0v) is 17.2. The number of allylic oxidation sites excluding steroid dienone is 1. The van der Waals surface area contributed by atoms with Crippen LogP contribution in [0.4, 0.5) is 0 Å². The molecule has 0 spiro atoms. The van der Waals surface area contributed by atoms with Gasteiger partial charge in [-0.05, 0) is 23.5 Å². The average Bonchev–Trinajstić information content (AvgIpc) is 3.08. The van der Waals surface area contributed by atoms with Crippen LogP contribution >= 0.6 is 11.8 Å². The van der Waals surface area contributed by atoms with E-state index in [-0.39, 0.29) is 22.4 Å². The fourth-order valence-electron chi connectivity index (χ4n) is 4.64. The summed E-state index contributed by atoms with van der Waals surface area (Å²) >= 11 is 1.35. The van der Waals surface area contributed by atoms with E-state index in [1.807, 2.05) is 30.3 Å². The summed E-state index contributed by atoms with van der Waals surface area (Å²) in [5.74, 6) is 1.26. The normalized spacial score (nSPS) is 27.2. The number of thioether (sulfide) groups is 1. The Hall–Kier alpha value is -2.27. The summed E-state index contributed by atoms with van der Waals surface area (Å²) in [6.45, 7) is 4.12. The molecule has 1 saturated heterocycles. The van der Waals surface area contributed by atoms with E-state index in [0.29, 0.717) is 6.42 Å². The van der Waals surface area contributed by atoms with E-state index in [0.717, 1.165) is 34.6 Å². The van der Waals surface area contributed by atoms with E-state index in [1.165, 1.54) is 18.9 Å². The van der Waals surface area contributed by atoms with Crippen molar-refractivity contribution in [2.45, 2.75) is 32.1 Å². The maximum atomic E-state index is 13.0. The second-order valence-electron chi connectivity index (χ2n) is 8.04.